The van der Waals surface area contributed by atoms with E-state index in [1.165, 1.54) is 30.3 Å². The van der Waals surface area contributed by atoms with E-state index in [2.05, 4.69) is 10.3 Å². The lowest BCUT2D eigenvalue weighted by molar-refractivity contribution is 0.102. The molecule has 1 aromatic heterocycles. The van der Waals surface area contributed by atoms with Crippen molar-refractivity contribution in [1.82, 2.24) is 4.98 Å². The number of carbonyl (C=O) groups excluding carboxylic acids is 1. The third-order valence-electron chi connectivity index (χ3n) is 4.62. The summed E-state index contributed by atoms with van der Waals surface area (Å²) in [6, 6.07) is 14.1. The SMILES string of the molecule is CS(=O)(=O)c1ccccc1-c1sc(NC(=O)c2cc(F)cc(F)c2)nc1-c1ccc(F)cc1. The molecule has 1 heterocycles. The van der Waals surface area contributed by atoms with Crippen molar-refractivity contribution in [1.29, 1.82) is 0 Å². The minimum atomic E-state index is -3.61. The summed E-state index contributed by atoms with van der Waals surface area (Å²) in [7, 11) is -3.61. The van der Waals surface area contributed by atoms with Gasteiger partial charge in [0.1, 0.15) is 17.5 Å². The number of hydrogen-bond acceptors (Lipinski definition) is 5. The minimum Gasteiger partial charge on any atom is -0.298 e. The average molecular weight is 489 g/mol. The fourth-order valence-corrected chi connectivity index (χ4v) is 5.17. The van der Waals surface area contributed by atoms with Gasteiger partial charge in [0, 0.05) is 29.0 Å². The number of thiazole rings is 1. The second-order valence-corrected chi connectivity index (χ2v) is 10.1. The molecule has 0 aliphatic carbocycles. The van der Waals surface area contributed by atoms with Crippen molar-refractivity contribution in [3.63, 3.8) is 0 Å². The Morgan fingerprint density at radius 1 is 0.909 bits per heavy atom. The number of halogens is 3. The van der Waals surface area contributed by atoms with Gasteiger partial charge in [-0.1, -0.05) is 29.5 Å². The molecule has 1 amide bonds. The van der Waals surface area contributed by atoms with Gasteiger partial charge in [0.2, 0.25) is 0 Å². The molecule has 33 heavy (non-hydrogen) atoms. The van der Waals surface area contributed by atoms with Crippen LogP contribution in [0.1, 0.15) is 10.4 Å². The van der Waals surface area contributed by atoms with Crippen molar-refractivity contribution in [2.24, 2.45) is 0 Å². The lowest BCUT2D eigenvalue weighted by Gasteiger charge is -2.08. The highest BCUT2D eigenvalue weighted by Gasteiger charge is 2.22. The fourth-order valence-electron chi connectivity index (χ4n) is 3.19. The van der Waals surface area contributed by atoms with Gasteiger partial charge in [-0.2, -0.15) is 0 Å². The van der Waals surface area contributed by atoms with E-state index in [0.29, 0.717) is 27.8 Å². The van der Waals surface area contributed by atoms with Crippen LogP contribution in [0.4, 0.5) is 18.3 Å². The van der Waals surface area contributed by atoms with Gasteiger partial charge < -0.3 is 0 Å². The van der Waals surface area contributed by atoms with Crippen molar-refractivity contribution >= 4 is 32.2 Å². The van der Waals surface area contributed by atoms with Crippen LogP contribution in [-0.4, -0.2) is 25.6 Å². The van der Waals surface area contributed by atoms with Crippen molar-refractivity contribution in [3.05, 3.63) is 89.7 Å². The molecule has 1 N–H and O–H groups in total. The van der Waals surface area contributed by atoms with E-state index in [-0.39, 0.29) is 15.6 Å². The zero-order chi connectivity index (χ0) is 23.8. The smallest absolute Gasteiger partial charge is 0.257 e. The van der Waals surface area contributed by atoms with Crippen molar-refractivity contribution in [2.45, 2.75) is 4.90 Å². The van der Waals surface area contributed by atoms with Gasteiger partial charge in [-0.15, -0.1) is 0 Å². The van der Waals surface area contributed by atoms with E-state index < -0.39 is 33.2 Å². The Hall–Kier alpha value is -3.50. The van der Waals surface area contributed by atoms with Crippen LogP contribution >= 0.6 is 11.3 Å². The van der Waals surface area contributed by atoms with Crippen LogP contribution in [-0.2, 0) is 9.84 Å². The highest BCUT2D eigenvalue weighted by atomic mass is 32.2. The van der Waals surface area contributed by atoms with Crippen molar-refractivity contribution in [3.8, 4) is 21.7 Å². The van der Waals surface area contributed by atoms with Gasteiger partial charge >= 0.3 is 0 Å². The Morgan fingerprint density at radius 2 is 1.55 bits per heavy atom. The summed E-state index contributed by atoms with van der Waals surface area (Å²) < 4.78 is 65.2. The molecule has 4 aromatic rings. The van der Waals surface area contributed by atoms with Gasteiger partial charge in [0.05, 0.1) is 15.5 Å². The maximum absolute atomic E-state index is 13.5. The van der Waals surface area contributed by atoms with E-state index in [1.54, 1.807) is 18.2 Å². The molecule has 0 unspecified atom stereocenters. The lowest BCUT2D eigenvalue weighted by Crippen LogP contribution is -2.12. The predicted octanol–water partition coefficient (Wildman–Crippen LogP) is 5.55. The molecule has 0 radical (unpaired) electrons. The number of benzene rings is 3. The summed E-state index contributed by atoms with van der Waals surface area (Å²) in [5, 5.41) is 2.57. The van der Waals surface area contributed by atoms with Gasteiger partial charge in [-0.05, 0) is 42.5 Å². The number of rotatable bonds is 5. The standard InChI is InChI=1S/C23H15F3N2O3S2/c1-33(30,31)19-5-3-2-4-18(19)21-20(13-6-8-15(24)9-7-13)27-23(32-21)28-22(29)14-10-16(25)12-17(26)11-14/h2-12H,1H3,(H,27,28,29). The van der Waals surface area contributed by atoms with Gasteiger partial charge in [-0.3, -0.25) is 10.1 Å². The molecule has 0 fully saturated rings. The maximum Gasteiger partial charge on any atom is 0.257 e. The zero-order valence-corrected chi connectivity index (χ0v) is 18.6. The first-order chi connectivity index (χ1) is 15.6. The molecule has 0 saturated carbocycles. The third-order valence-corrected chi connectivity index (χ3v) is 6.78. The molecule has 0 aliphatic rings. The number of hydrogen-bond donors (Lipinski definition) is 1. The Morgan fingerprint density at radius 3 is 2.18 bits per heavy atom. The molecule has 0 atom stereocenters. The normalized spacial score (nSPS) is 11.4. The molecule has 0 bridgehead atoms. The zero-order valence-electron chi connectivity index (χ0n) is 17.0. The van der Waals surface area contributed by atoms with Crippen LogP contribution < -0.4 is 5.32 Å². The molecular weight excluding hydrogens is 473 g/mol. The number of anilines is 1. The second-order valence-electron chi connectivity index (χ2n) is 7.08. The molecule has 5 nitrogen and oxygen atoms in total. The van der Waals surface area contributed by atoms with E-state index in [1.807, 2.05) is 0 Å². The molecule has 0 aliphatic heterocycles. The second kappa shape index (κ2) is 8.80. The lowest BCUT2D eigenvalue weighted by atomic mass is 10.1. The number of nitrogens with one attached hydrogen (secondary N) is 1. The Labute approximate surface area is 191 Å². The summed E-state index contributed by atoms with van der Waals surface area (Å²) in [5.74, 6) is -3.08. The van der Waals surface area contributed by atoms with E-state index >= 15 is 0 Å². The summed E-state index contributed by atoms with van der Waals surface area (Å²) in [6.45, 7) is 0. The quantitative estimate of drug-likeness (QED) is 0.400. The van der Waals surface area contributed by atoms with Gasteiger partial charge in [0.25, 0.3) is 5.91 Å². The summed E-state index contributed by atoms with van der Waals surface area (Å²) in [6.07, 6.45) is 1.08. The van der Waals surface area contributed by atoms with Crippen LogP contribution in [0.15, 0.2) is 71.6 Å². The van der Waals surface area contributed by atoms with Gasteiger partial charge in [-0.25, -0.2) is 26.6 Å². The van der Waals surface area contributed by atoms with Crippen LogP contribution in [0.5, 0.6) is 0 Å². The highest BCUT2D eigenvalue weighted by Crippen LogP contribution is 2.41. The first kappa shape index (κ1) is 22.7. The van der Waals surface area contributed by atoms with E-state index in [4.69, 9.17) is 0 Å². The number of sulfone groups is 1. The summed E-state index contributed by atoms with van der Waals surface area (Å²) in [4.78, 5) is 17.4. The molecule has 0 saturated heterocycles. The molecule has 4 rings (SSSR count). The van der Waals surface area contributed by atoms with Crippen LogP contribution in [0, 0.1) is 17.5 Å². The van der Waals surface area contributed by atoms with Gasteiger partial charge in [0.15, 0.2) is 15.0 Å². The predicted molar refractivity (Wildman–Crippen MR) is 120 cm³/mol. The summed E-state index contributed by atoms with van der Waals surface area (Å²) in [5.41, 5.74) is 0.915. The first-order valence-electron chi connectivity index (χ1n) is 9.45. The topological polar surface area (TPSA) is 76.1 Å². The fraction of sp³-hybridized carbons (Fsp3) is 0.0435. The van der Waals surface area contributed by atoms with Crippen LogP contribution in [0.3, 0.4) is 0 Å². The van der Waals surface area contributed by atoms with Crippen LogP contribution in [0.2, 0.25) is 0 Å². The maximum atomic E-state index is 13.5. The molecule has 10 heteroatoms. The molecule has 0 spiro atoms. The van der Waals surface area contributed by atoms with Crippen LogP contribution in [0.25, 0.3) is 21.7 Å². The van der Waals surface area contributed by atoms with Crippen molar-refractivity contribution < 1.29 is 26.4 Å². The summed E-state index contributed by atoms with van der Waals surface area (Å²) >= 11 is 0.985. The number of aromatic nitrogens is 1. The monoisotopic (exact) mass is 488 g/mol. The molecular formula is C23H15F3N2O3S2. The number of carbonyl (C=O) groups is 1. The minimum absolute atomic E-state index is 0.0575. The van der Waals surface area contributed by atoms with Crippen molar-refractivity contribution in [2.75, 3.05) is 11.6 Å². The molecule has 3 aromatic carbocycles. The average Bonchev–Trinajstić information content (AvgIpc) is 3.16. The number of nitrogens with zero attached hydrogens (tertiary/aromatic N) is 1. The Kier molecular flexibility index (Phi) is 6.05. The van der Waals surface area contributed by atoms with E-state index in [9.17, 15) is 26.4 Å². The highest BCUT2D eigenvalue weighted by molar-refractivity contribution is 7.90. The largest absolute Gasteiger partial charge is 0.298 e. The molecule has 168 valence electrons. The Balaban J connectivity index is 1.83. The first-order valence-corrected chi connectivity index (χ1v) is 12.2. The van der Waals surface area contributed by atoms with E-state index in [0.717, 1.165) is 29.7 Å². The Bertz CT molecular complexity index is 1450. The number of amides is 1. The third kappa shape index (κ3) is 4.96.